The van der Waals surface area contributed by atoms with Crippen molar-refractivity contribution in [3.63, 3.8) is 0 Å². The van der Waals surface area contributed by atoms with Gasteiger partial charge in [-0.3, -0.25) is 0 Å². The first kappa shape index (κ1) is 22.3. The molecule has 0 unspecified atom stereocenters. The Morgan fingerprint density at radius 2 is 1.31 bits per heavy atom. The average molecular weight is 370 g/mol. The highest BCUT2D eigenvalue weighted by Gasteiger charge is 1.95. The molecule has 8 nitrogen and oxygen atoms in total. The van der Waals surface area contributed by atoms with Gasteiger partial charge in [0.25, 0.3) is 0 Å². The van der Waals surface area contributed by atoms with Crippen LogP contribution in [0.1, 0.15) is 5.56 Å². The van der Waals surface area contributed by atoms with Gasteiger partial charge in [0.2, 0.25) is 0 Å². The van der Waals surface area contributed by atoms with Gasteiger partial charge in [0.15, 0.2) is 0 Å². The van der Waals surface area contributed by atoms with Crippen LogP contribution in [0.25, 0.3) is 0 Å². The molecule has 8 heteroatoms. The van der Waals surface area contributed by atoms with Crippen LogP contribution in [0.4, 0.5) is 4.79 Å². The lowest BCUT2D eigenvalue weighted by molar-refractivity contribution is 0.0387. The number of carbonyl (C=O) groups is 1. The number of nitrogens with one attached hydrogen (secondary N) is 2. The van der Waals surface area contributed by atoms with Gasteiger partial charge in [-0.15, -0.1) is 0 Å². The summed E-state index contributed by atoms with van der Waals surface area (Å²) in [5, 5.41) is 13.8. The van der Waals surface area contributed by atoms with Crippen molar-refractivity contribution in [3.8, 4) is 0 Å². The number of hydrogen-bond donors (Lipinski definition) is 3. The summed E-state index contributed by atoms with van der Waals surface area (Å²) in [5.41, 5.74) is 1.16. The van der Waals surface area contributed by atoms with Gasteiger partial charge < -0.3 is 34.7 Å². The number of ether oxygens (including phenoxy) is 4. The molecule has 0 radical (unpaired) electrons. The minimum atomic E-state index is -1.04. The molecule has 0 aliphatic heterocycles. The summed E-state index contributed by atoms with van der Waals surface area (Å²) in [6.45, 7) is 6.09. The molecular formula is C18H30N2O6. The summed E-state index contributed by atoms with van der Waals surface area (Å²) < 4.78 is 21.6. The first-order chi connectivity index (χ1) is 12.8. The van der Waals surface area contributed by atoms with Crippen molar-refractivity contribution in [1.82, 2.24) is 10.6 Å². The molecule has 3 N–H and O–H groups in total. The third-order valence-corrected chi connectivity index (χ3v) is 3.22. The van der Waals surface area contributed by atoms with E-state index in [0.717, 1.165) is 18.7 Å². The predicted molar refractivity (Wildman–Crippen MR) is 97.5 cm³/mol. The Hall–Kier alpha value is -1.71. The van der Waals surface area contributed by atoms with Crippen LogP contribution in [0.15, 0.2) is 30.3 Å². The van der Waals surface area contributed by atoms with Crippen molar-refractivity contribution in [2.24, 2.45) is 0 Å². The van der Waals surface area contributed by atoms with Crippen LogP contribution < -0.4 is 10.6 Å². The normalized spacial score (nSPS) is 10.8. The largest absolute Gasteiger partial charge is 0.465 e. The Balaban J connectivity index is 1.70. The highest BCUT2D eigenvalue weighted by atomic mass is 16.5. The van der Waals surface area contributed by atoms with E-state index in [1.807, 2.05) is 30.3 Å². The molecule has 148 valence electrons. The number of amides is 1. The van der Waals surface area contributed by atoms with E-state index in [2.05, 4.69) is 10.6 Å². The number of benzene rings is 1. The molecular weight excluding hydrogens is 340 g/mol. The minimum absolute atomic E-state index is 0.286. The summed E-state index contributed by atoms with van der Waals surface area (Å²) >= 11 is 0. The molecule has 1 aromatic carbocycles. The minimum Gasteiger partial charge on any atom is -0.465 e. The molecule has 1 amide bonds. The van der Waals surface area contributed by atoms with Gasteiger partial charge in [-0.05, 0) is 5.56 Å². The quantitative estimate of drug-likeness (QED) is 0.353. The van der Waals surface area contributed by atoms with Gasteiger partial charge in [0, 0.05) is 19.6 Å². The lowest BCUT2D eigenvalue weighted by Gasteiger charge is -2.08. The fraction of sp³-hybridized carbons (Fsp3) is 0.611. The molecule has 0 saturated carbocycles. The second-order valence-corrected chi connectivity index (χ2v) is 5.36. The first-order valence-corrected chi connectivity index (χ1v) is 8.81. The SMILES string of the molecule is O=C(O)NCCOCCOCCNCCOCCOCc1ccccc1. The lowest BCUT2D eigenvalue weighted by atomic mass is 10.2. The number of carboxylic acid groups (broad SMARTS) is 1. The highest BCUT2D eigenvalue weighted by Crippen LogP contribution is 1.99. The topological polar surface area (TPSA) is 98.3 Å². The Morgan fingerprint density at radius 1 is 0.769 bits per heavy atom. The van der Waals surface area contributed by atoms with E-state index in [1.165, 1.54) is 0 Å². The first-order valence-electron chi connectivity index (χ1n) is 8.81. The maximum absolute atomic E-state index is 10.2. The zero-order valence-corrected chi connectivity index (χ0v) is 15.2. The van der Waals surface area contributed by atoms with Gasteiger partial charge in [0.05, 0.1) is 52.9 Å². The molecule has 26 heavy (non-hydrogen) atoms. The molecule has 0 atom stereocenters. The lowest BCUT2D eigenvalue weighted by Crippen LogP contribution is -2.26. The summed E-state index contributed by atoms with van der Waals surface area (Å²) in [5.74, 6) is 0. The van der Waals surface area contributed by atoms with Crippen LogP contribution in [0.5, 0.6) is 0 Å². The Morgan fingerprint density at radius 3 is 1.88 bits per heavy atom. The summed E-state index contributed by atoms with van der Waals surface area (Å²) in [6, 6.07) is 10.1. The zero-order chi connectivity index (χ0) is 18.7. The van der Waals surface area contributed by atoms with Crippen LogP contribution in [0, 0.1) is 0 Å². The van der Waals surface area contributed by atoms with Crippen molar-refractivity contribution >= 4 is 6.09 Å². The maximum atomic E-state index is 10.2. The Kier molecular flexibility index (Phi) is 14.4. The molecule has 0 aliphatic carbocycles. The van der Waals surface area contributed by atoms with E-state index in [9.17, 15) is 4.79 Å². The van der Waals surface area contributed by atoms with Crippen LogP contribution in [-0.4, -0.2) is 77.1 Å². The molecule has 1 aromatic rings. The molecule has 1 rings (SSSR count). The zero-order valence-electron chi connectivity index (χ0n) is 15.2. The molecule has 0 heterocycles. The molecule has 0 bridgehead atoms. The number of rotatable bonds is 17. The average Bonchev–Trinajstić information content (AvgIpc) is 2.65. The standard InChI is InChI=1S/C18H30N2O6/c21-18(22)20-8-11-25-13-12-23-9-6-19-7-10-24-14-15-26-16-17-4-2-1-3-5-17/h1-5,19-20H,6-16H2,(H,21,22). The second-order valence-electron chi connectivity index (χ2n) is 5.36. The van der Waals surface area contributed by atoms with Crippen LogP contribution in [0.2, 0.25) is 0 Å². The fourth-order valence-electron chi connectivity index (χ4n) is 1.95. The third-order valence-electron chi connectivity index (χ3n) is 3.22. The smallest absolute Gasteiger partial charge is 0.404 e. The van der Waals surface area contributed by atoms with Gasteiger partial charge in [-0.25, -0.2) is 4.79 Å². The van der Waals surface area contributed by atoms with Crippen molar-refractivity contribution in [2.75, 3.05) is 65.9 Å². The summed E-state index contributed by atoms with van der Waals surface area (Å²) in [6.07, 6.45) is -1.04. The van der Waals surface area contributed by atoms with E-state index < -0.39 is 6.09 Å². The van der Waals surface area contributed by atoms with Gasteiger partial charge >= 0.3 is 6.09 Å². The predicted octanol–water partition coefficient (Wildman–Crippen LogP) is 1.11. The monoisotopic (exact) mass is 370 g/mol. The van der Waals surface area contributed by atoms with Gasteiger partial charge in [-0.1, -0.05) is 30.3 Å². The van der Waals surface area contributed by atoms with E-state index in [1.54, 1.807) is 0 Å². The molecule has 0 fully saturated rings. The van der Waals surface area contributed by atoms with E-state index in [-0.39, 0.29) is 6.54 Å². The molecule has 0 aliphatic rings. The van der Waals surface area contributed by atoms with Crippen molar-refractivity contribution in [3.05, 3.63) is 35.9 Å². The number of hydrogen-bond acceptors (Lipinski definition) is 6. The highest BCUT2D eigenvalue weighted by molar-refractivity contribution is 5.64. The Bertz CT molecular complexity index is 447. The van der Waals surface area contributed by atoms with Gasteiger partial charge in [0.1, 0.15) is 0 Å². The van der Waals surface area contributed by atoms with E-state index in [0.29, 0.717) is 52.9 Å². The van der Waals surface area contributed by atoms with Crippen molar-refractivity contribution in [1.29, 1.82) is 0 Å². The van der Waals surface area contributed by atoms with Gasteiger partial charge in [-0.2, -0.15) is 0 Å². The maximum Gasteiger partial charge on any atom is 0.404 e. The fourth-order valence-corrected chi connectivity index (χ4v) is 1.95. The van der Waals surface area contributed by atoms with Crippen molar-refractivity contribution in [2.45, 2.75) is 6.61 Å². The molecule has 0 aromatic heterocycles. The summed E-state index contributed by atoms with van der Waals surface area (Å²) in [7, 11) is 0. The second kappa shape index (κ2) is 16.7. The van der Waals surface area contributed by atoms with Crippen LogP contribution >= 0.6 is 0 Å². The van der Waals surface area contributed by atoms with Crippen LogP contribution in [0.3, 0.4) is 0 Å². The van der Waals surface area contributed by atoms with Crippen molar-refractivity contribution < 1.29 is 28.8 Å². The molecule has 0 saturated heterocycles. The van der Waals surface area contributed by atoms with E-state index in [4.69, 9.17) is 24.1 Å². The third kappa shape index (κ3) is 14.6. The van der Waals surface area contributed by atoms with Crippen LogP contribution in [-0.2, 0) is 25.6 Å². The van der Waals surface area contributed by atoms with E-state index >= 15 is 0 Å². The molecule has 0 spiro atoms. The Labute approximate surface area is 154 Å². The summed E-state index contributed by atoms with van der Waals surface area (Å²) in [4.78, 5) is 10.2.